The highest BCUT2D eigenvalue weighted by Gasteiger charge is 2.18. The molecule has 0 aliphatic rings. The third kappa shape index (κ3) is 5.97. The first-order valence-electron chi connectivity index (χ1n) is 7.54. The third-order valence-corrected chi connectivity index (χ3v) is 4.40. The van der Waals surface area contributed by atoms with E-state index in [4.69, 9.17) is 11.6 Å². The summed E-state index contributed by atoms with van der Waals surface area (Å²) in [5.74, 6) is 0.0977. The molecule has 0 saturated carbocycles. The predicted octanol–water partition coefficient (Wildman–Crippen LogP) is 2.54. The highest BCUT2D eigenvalue weighted by Crippen LogP contribution is 2.17. The summed E-state index contributed by atoms with van der Waals surface area (Å²) in [5, 5.41) is 7.98. The number of carbonyl (C=O) groups is 2. The molecular formula is C15H17ClN6O2S2. The van der Waals surface area contributed by atoms with Crippen LogP contribution >= 0.6 is 35.6 Å². The van der Waals surface area contributed by atoms with Gasteiger partial charge < -0.3 is 10.2 Å². The Kier molecular flexibility index (Phi) is 7.82. The molecule has 0 atom stereocenters. The standard InChI is InChI=1S/C15H17ClN6O2S2/c1-2-12(23)21-15-20-11(8-26-15)13(24)22(9-25)5-3-4-17-14-18-6-10(16)7-19-14/h2,6-8,25H,1,3-5,9H2,(H,17,18,19)(H,20,21,23). The quantitative estimate of drug-likeness (QED) is 0.253. The van der Waals surface area contributed by atoms with Crippen LogP contribution in [0, 0.1) is 0 Å². The van der Waals surface area contributed by atoms with Gasteiger partial charge in [0.1, 0.15) is 5.69 Å². The molecular weight excluding hydrogens is 396 g/mol. The van der Waals surface area contributed by atoms with Gasteiger partial charge in [0.2, 0.25) is 11.9 Å². The first-order chi connectivity index (χ1) is 12.5. The Morgan fingerprint density at radius 1 is 1.38 bits per heavy atom. The molecule has 2 aromatic rings. The van der Waals surface area contributed by atoms with Gasteiger partial charge in [-0.05, 0) is 12.5 Å². The normalized spacial score (nSPS) is 10.2. The van der Waals surface area contributed by atoms with Gasteiger partial charge in [0.25, 0.3) is 5.91 Å². The van der Waals surface area contributed by atoms with Crippen LogP contribution in [0.5, 0.6) is 0 Å². The number of thiol groups is 1. The molecule has 2 N–H and O–H groups in total. The van der Waals surface area contributed by atoms with Crippen LogP contribution in [-0.2, 0) is 4.79 Å². The minimum absolute atomic E-state index is 0.252. The topological polar surface area (TPSA) is 100 Å². The van der Waals surface area contributed by atoms with Crippen molar-refractivity contribution in [2.45, 2.75) is 6.42 Å². The van der Waals surface area contributed by atoms with Gasteiger partial charge >= 0.3 is 0 Å². The molecule has 2 amide bonds. The van der Waals surface area contributed by atoms with E-state index in [9.17, 15) is 9.59 Å². The average Bonchev–Trinajstić information content (AvgIpc) is 3.11. The molecule has 0 unspecified atom stereocenters. The number of anilines is 2. The molecule has 0 aliphatic heterocycles. The van der Waals surface area contributed by atoms with Crippen molar-refractivity contribution < 1.29 is 9.59 Å². The summed E-state index contributed by atoms with van der Waals surface area (Å²) in [4.78, 5) is 37.5. The van der Waals surface area contributed by atoms with Gasteiger partial charge in [0.05, 0.1) is 23.3 Å². The van der Waals surface area contributed by atoms with E-state index in [0.29, 0.717) is 35.6 Å². The van der Waals surface area contributed by atoms with Gasteiger partial charge in [-0.3, -0.25) is 14.9 Å². The third-order valence-electron chi connectivity index (χ3n) is 3.11. The van der Waals surface area contributed by atoms with Crippen LogP contribution in [0.2, 0.25) is 5.02 Å². The van der Waals surface area contributed by atoms with Crippen molar-refractivity contribution in [3.63, 3.8) is 0 Å². The van der Waals surface area contributed by atoms with Gasteiger partial charge in [-0.2, -0.15) is 12.6 Å². The number of carbonyl (C=O) groups excluding carboxylic acids is 2. The number of thiazole rings is 1. The van der Waals surface area contributed by atoms with E-state index >= 15 is 0 Å². The summed E-state index contributed by atoms with van der Waals surface area (Å²) < 4.78 is 0. The van der Waals surface area contributed by atoms with E-state index in [1.165, 1.54) is 23.7 Å². The molecule has 0 aromatic carbocycles. The lowest BCUT2D eigenvalue weighted by atomic mass is 10.3. The van der Waals surface area contributed by atoms with E-state index in [1.54, 1.807) is 10.3 Å². The molecule has 2 heterocycles. The Labute approximate surface area is 165 Å². The average molecular weight is 413 g/mol. The fraction of sp³-hybridized carbons (Fsp3) is 0.267. The largest absolute Gasteiger partial charge is 0.354 e. The monoisotopic (exact) mass is 412 g/mol. The second-order valence-corrected chi connectivity index (χ2v) is 6.52. The fourth-order valence-electron chi connectivity index (χ4n) is 1.86. The summed E-state index contributed by atoms with van der Waals surface area (Å²) in [6, 6.07) is 0. The Hall–Kier alpha value is -2.17. The van der Waals surface area contributed by atoms with Crippen LogP contribution in [0.4, 0.5) is 11.1 Å². The number of rotatable bonds is 9. The number of hydrogen-bond donors (Lipinski definition) is 3. The maximum absolute atomic E-state index is 12.5. The molecule has 0 aliphatic carbocycles. The number of nitrogens with zero attached hydrogens (tertiary/aromatic N) is 4. The zero-order chi connectivity index (χ0) is 18.9. The lowest BCUT2D eigenvalue weighted by Crippen LogP contribution is -2.32. The first kappa shape index (κ1) is 20.1. The van der Waals surface area contributed by atoms with Crippen LogP contribution in [0.25, 0.3) is 0 Å². The van der Waals surface area contributed by atoms with E-state index in [0.717, 1.165) is 6.08 Å². The molecule has 0 fully saturated rings. The van der Waals surface area contributed by atoms with Gasteiger partial charge in [-0.25, -0.2) is 15.0 Å². The van der Waals surface area contributed by atoms with Gasteiger partial charge in [0.15, 0.2) is 5.13 Å². The molecule has 11 heteroatoms. The van der Waals surface area contributed by atoms with Gasteiger partial charge in [0, 0.05) is 18.5 Å². The maximum Gasteiger partial charge on any atom is 0.274 e. The Bertz CT molecular complexity index is 768. The van der Waals surface area contributed by atoms with E-state index < -0.39 is 0 Å². The van der Waals surface area contributed by atoms with Crippen LogP contribution in [-0.4, -0.2) is 50.6 Å². The Morgan fingerprint density at radius 3 is 2.77 bits per heavy atom. The first-order valence-corrected chi connectivity index (χ1v) is 9.43. The fourth-order valence-corrected chi connectivity index (χ4v) is 2.91. The highest BCUT2D eigenvalue weighted by molar-refractivity contribution is 7.80. The summed E-state index contributed by atoms with van der Waals surface area (Å²) in [7, 11) is 0. The second kappa shape index (κ2) is 10.1. The summed E-state index contributed by atoms with van der Waals surface area (Å²) in [6.45, 7) is 4.43. The number of aromatic nitrogens is 3. The van der Waals surface area contributed by atoms with E-state index in [1.807, 2.05) is 0 Å². The van der Waals surface area contributed by atoms with Crippen molar-refractivity contribution in [1.82, 2.24) is 19.9 Å². The maximum atomic E-state index is 12.5. The van der Waals surface area contributed by atoms with Gasteiger partial charge in [-0.1, -0.05) is 18.2 Å². The second-order valence-electron chi connectivity index (χ2n) is 4.95. The minimum Gasteiger partial charge on any atom is -0.354 e. The summed E-state index contributed by atoms with van der Waals surface area (Å²) >= 11 is 11.1. The molecule has 0 bridgehead atoms. The molecule has 8 nitrogen and oxygen atoms in total. The molecule has 0 spiro atoms. The summed E-state index contributed by atoms with van der Waals surface area (Å²) in [6.07, 6.45) is 4.82. The van der Waals surface area contributed by atoms with Crippen molar-refractivity contribution in [2.24, 2.45) is 0 Å². The molecule has 0 saturated heterocycles. The van der Waals surface area contributed by atoms with Crippen LogP contribution in [0.1, 0.15) is 16.9 Å². The molecule has 2 aromatic heterocycles. The lowest BCUT2D eigenvalue weighted by molar-refractivity contribution is -0.111. The Morgan fingerprint density at radius 2 is 2.12 bits per heavy atom. The number of halogens is 1. The van der Waals surface area contributed by atoms with Crippen LogP contribution < -0.4 is 10.6 Å². The van der Waals surface area contributed by atoms with E-state index in [2.05, 4.69) is 44.8 Å². The number of nitrogens with one attached hydrogen (secondary N) is 2. The molecule has 26 heavy (non-hydrogen) atoms. The highest BCUT2D eigenvalue weighted by atomic mass is 35.5. The van der Waals surface area contributed by atoms with Gasteiger partial charge in [-0.15, -0.1) is 11.3 Å². The van der Waals surface area contributed by atoms with Crippen LogP contribution in [0.3, 0.4) is 0 Å². The lowest BCUT2D eigenvalue weighted by Gasteiger charge is -2.19. The van der Waals surface area contributed by atoms with Crippen molar-refractivity contribution in [3.05, 3.63) is 41.1 Å². The smallest absolute Gasteiger partial charge is 0.274 e. The van der Waals surface area contributed by atoms with Crippen molar-refractivity contribution in [2.75, 3.05) is 29.6 Å². The Balaban J connectivity index is 1.83. The van der Waals surface area contributed by atoms with Crippen LogP contribution in [0.15, 0.2) is 30.4 Å². The van der Waals surface area contributed by atoms with Crippen molar-refractivity contribution >= 4 is 58.5 Å². The summed E-state index contributed by atoms with van der Waals surface area (Å²) in [5.41, 5.74) is 0.261. The number of amides is 2. The van der Waals surface area contributed by atoms with E-state index in [-0.39, 0.29) is 23.4 Å². The zero-order valence-electron chi connectivity index (χ0n) is 13.7. The minimum atomic E-state index is -0.375. The van der Waals surface area contributed by atoms with Crippen molar-refractivity contribution in [1.29, 1.82) is 0 Å². The number of hydrogen-bond acceptors (Lipinski definition) is 8. The molecule has 2 rings (SSSR count). The van der Waals surface area contributed by atoms with Crippen molar-refractivity contribution in [3.8, 4) is 0 Å². The molecule has 0 radical (unpaired) electrons. The SMILES string of the molecule is C=CC(=O)Nc1nc(C(=O)N(CS)CCCNc2ncc(Cl)cn2)cs1. The molecule has 138 valence electrons. The predicted molar refractivity (Wildman–Crippen MR) is 106 cm³/mol. The zero-order valence-corrected chi connectivity index (χ0v) is 16.2.